The maximum Gasteiger partial charge on any atom is 0.220 e. The lowest BCUT2D eigenvalue weighted by Gasteiger charge is -2.17. The smallest absolute Gasteiger partial charge is 0.220 e. The molecule has 0 aliphatic carbocycles. The van der Waals surface area contributed by atoms with E-state index in [4.69, 9.17) is 16.3 Å². The first kappa shape index (κ1) is 18.7. The Labute approximate surface area is 152 Å². The average Bonchev–Trinajstić information content (AvgIpc) is 2.60. The van der Waals surface area contributed by atoms with Crippen LogP contribution in [-0.4, -0.2) is 18.8 Å². The number of methoxy groups -OCH3 is 1. The molecule has 2 aromatic rings. The summed E-state index contributed by atoms with van der Waals surface area (Å²) in [4.78, 5) is 13.3. The third-order valence-corrected chi connectivity index (χ3v) is 4.96. The zero-order valence-electron chi connectivity index (χ0n) is 13.9. The Morgan fingerprint density at radius 2 is 1.92 bits per heavy atom. The number of rotatable bonds is 8. The summed E-state index contributed by atoms with van der Waals surface area (Å²) in [6.07, 6.45) is 1.35. The maximum atomic E-state index is 12.1. The molecule has 0 spiro atoms. The van der Waals surface area contributed by atoms with E-state index in [0.717, 1.165) is 28.5 Å². The number of hydrogen-bond donors (Lipinski definition) is 1. The molecule has 24 heavy (non-hydrogen) atoms. The van der Waals surface area contributed by atoms with E-state index in [-0.39, 0.29) is 11.9 Å². The van der Waals surface area contributed by atoms with Crippen LogP contribution in [0, 0.1) is 0 Å². The van der Waals surface area contributed by atoms with Crippen molar-refractivity contribution in [1.29, 1.82) is 0 Å². The number of carbonyl (C=O) groups excluding carboxylic acids is 1. The Balaban J connectivity index is 1.73. The highest BCUT2D eigenvalue weighted by molar-refractivity contribution is 7.99. The monoisotopic (exact) mass is 363 g/mol. The molecular weight excluding hydrogens is 342 g/mol. The molecule has 3 nitrogen and oxygen atoms in total. The molecule has 0 saturated heterocycles. The first-order chi connectivity index (χ1) is 11.6. The normalized spacial score (nSPS) is 11.8. The number of halogens is 1. The second-order valence-corrected chi connectivity index (χ2v) is 7.04. The molecule has 0 radical (unpaired) electrons. The van der Waals surface area contributed by atoms with Gasteiger partial charge in [0.05, 0.1) is 13.2 Å². The molecule has 2 aromatic carbocycles. The number of thioether (sulfide) groups is 1. The Morgan fingerprint density at radius 3 is 2.62 bits per heavy atom. The van der Waals surface area contributed by atoms with Gasteiger partial charge >= 0.3 is 0 Å². The molecule has 0 aliphatic rings. The highest BCUT2D eigenvalue weighted by Crippen LogP contribution is 2.25. The van der Waals surface area contributed by atoms with Gasteiger partial charge < -0.3 is 10.1 Å². The van der Waals surface area contributed by atoms with Crippen LogP contribution in [0.3, 0.4) is 0 Å². The molecule has 5 heteroatoms. The van der Waals surface area contributed by atoms with Gasteiger partial charge in [0.2, 0.25) is 5.91 Å². The van der Waals surface area contributed by atoms with Crippen LogP contribution in [0.4, 0.5) is 0 Å². The third-order valence-electron chi connectivity index (χ3n) is 3.61. The standard InChI is InChI=1S/C19H22ClNO2S/c1-14(17-6-3-4-7-18(17)23-2)21-19(22)8-5-13-24-16-11-9-15(20)10-12-16/h3-4,6-7,9-12,14H,5,8,13H2,1-2H3,(H,21,22). The predicted octanol–water partition coefficient (Wildman–Crippen LogP) is 5.10. The second kappa shape index (κ2) is 9.60. The fourth-order valence-electron chi connectivity index (χ4n) is 2.37. The molecule has 0 bridgehead atoms. The van der Waals surface area contributed by atoms with E-state index in [1.54, 1.807) is 18.9 Å². The molecule has 1 N–H and O–H groups in total. The van der Waals surface area contributed by atoms with Gasteiger partial charge in [-0.3, -0.25) is 4.79 Å². The van der Waals surface area contributed by atoms with Gasteiger partial charge in [0.1, 0.15) is 5.75 Å². The van der Waals surface area contributed by atoms with E-state index in [9.17, 15) is 4.79 Å². The minimum atomic E-state index is -0.0717. The summed E-state index contributed by atoms with van der Waals surface area (Å²) in [5.41, 5.74) is 0.990. The minimum absolute atomic E-state index is 0.0603. The van der Waals surface area contributed by atoms with Crippen molar-refractivity contribution in [2.45, 2.75) is 30.7 Å². The summed E-state index contributed by atoms with van der Waals surface area (Å²) in [6, 6.07) is 15.4. The van der Waals surface area contributed by atoms with Gasteiger partial charge in [-0.05, 0) is 49.4 Å². The number of amides is 1. The van der Waals surface area contributed by atoms with Crippen molar-refractivity contribution in [3.8, 4) is 5.75 Å². The molecule has 0 saturated carbocycles. The zero-order valence-corrected chi connectivity index (χ0v) is 15.5. The molecule has 2 rings (SSSR count). The first-order valence-electron chi connectivity index (χ1n) is 7.91. The highest BCUT2D eigenvalue weighted by atomic mass is 35.5. The highest BCUT2D eigenvalue weighted by Gasteiger charge is 2.13. The molecule has 1 atom stereocenters. The van der Waals surface area contributed by atoms with Crippen LogP contribution < -0.4 is 10.1 Å². The molecule has 1 amide bonds. The van der Waals surface area contributed by atoms with Crippen molar-refractivity contribution in [1.82, 2.24) is 5.32 Å². The average molecular weight is 364 g/mol. The van der Waals surface area contributed by atoms with Crippen LogP contribution in [0.2, 0.25) is 5.02 Å². The van der Waals surface area contributed by atoms with Crippen LogP contribution in [0.5, 0.6) is 5.75 Å². The van der Waals surface area contributed by atoms with Crippen LogP contribution in [0.15, 0.2) is 53.4 Å². The number of nitrogens with one attached hydrogen (secondary N) is 1. The Bertz CT molecular complexity index is 661. The lowest BCUT2D eigenvalue weighted by molar-refractivity contribution is -0.121. The summed E-state index contributed by atoms with van der Waals surface area (Å²) >= 11 is 7.60. The summed E-state index contributed by atoms with van der Waals surface area (Å²) in [5, 5.41) is 3.77. The van der Waals surface area contributed by atoms with E-state index in [0.29, 0.717) is 6.42 Å². The quantitative estimate of drug-likeness (QED) is 0.524. The van der Waals surface area contributed by atoms with Gasteiger partial charge in [0.25, 0.3) is 0 Å². The zero-order chi connectivity index (χ0) is 17.4. The molecule has 128 valence electrons. The van der Waals surface area contributed by atoms with Crippen LogP contribution >= 0.6 is 23.4 Å². The SMILES string of the molecule is COc1ccccc1C(C)NC(=O)CCCSc1ccc(Cl)cc1. The first-order valence-corrected chi connectivity index (χ1v) is 9.27. The Kier molecular flexibility index (Phi) is 7.47. The van der Waals surface area contributed by atoms with Crippen LogP contribution in [-0.2, 0) is 4.79 Å². The molecule has 0 aromatic heterocycles. The van der Waals surface area contributed by atoms with Crippen molar-refractivity contribution in [3.05, 3.63) is 59.1 Å². The lowest BCUT2D eigenvalue weighted by Crippen LogP contribution is -2.26. The molecule has 1 unspecified atom stereocenters. The van der Waals surface area contributed by atoms with Crippen molar-refractivity contribution in [2.75, 3.05) is 12.9 Å². The van der Waals surface area contributed by atoms with Gasteiger partial charge in [-0.15, -0.1) is 11.8 Å². The molecule has 0 fully saturated rings. The fraction of sp³-hybridized carbons (Fsp3) is 0.316. The lowest BCUT2D eigenvalue weighted by atomic mass is 10.1. The van der Waals surface area contributed by atoms with Crippen molar-refractivity contribution >= 4 is 29.3 Å². The summed E-state index contributed by atoms with van der Waals surface area (Å²) in [6.45, 7) is 1.97. The second-order valence-electron chi connectivity index (χ2n) is 5.44. The molecular formula is C19H22ClNO2S. The van der Waals surface area contributed by atoms with Crippen molar-refractivity contribution in [3.63, 3.8) is 0 Å². The van der Waals surface area contributed by atoms with Crippen LogP contribution in [0.25, 0.3) is 0 Å². The van der Waals surface area contributed by atoms with E-state index in [2.05, 4.69) is 5.32 Å². The van der Waals surface area contributed by atoms with E-state index >= 15 is 0 Å². The molecule has 0 heterocycles. The fourth-order valence-corrected chi connectivity index (χ4v) is 3.35. The summed E-state index contributed by atoms with van der Waals surface area (Å²) in [7, 11) is 1.64. The number of benzene rings is 2. The summed E-state index contributed by atoms with van der Waals surface area (Å²) < 4.78 is 5.34. The predicted molar refractivity (Wildman–Crippen MR) is 101 cm³/mol. The van der Waals surface area contributed by atoms with Crippen LogP contribution in [0.1, 0.15) is 31.4 Å². The van der Waals surface area contributed by atoms with Gasteiger partial charge in [0.15, 0.2) is 0 Å². The van der Waals surface area contributed by atoms with Gasteiger partial charge in [-0.25, -0.2) is 0 Å². The number of hydrogen-bond acceptors (Lipinski definition) is 3. The van der Waals surface area contributed by atoms with E-state index in [1.807, 2.05) is 55.5 Å². The number of carbonyl (C=O) groups is 1. The van der Waals surface area contributed by atoms with E-state index in [1.165, 1.54) is 4.90 Å². The van der Waals surface area contributed by atoms with Gasteiger partial charge in [0, 0.05) is 21.9 Å². The van der Waals surface area contributed by atoms with Crippen molar-refractivity contribution < 1.29 is 9.53 Å². The van der Waals surface area contributed by atoms with Gasteiger partial charge in [-0.2, -0.15) is 0 Å². The third kappa shape index (κ3) is 5.77. The minimum Gasteiger partial charge on any atom is -0.496 e. The summed E-state index contributed by atoms with van der Waals surface area (Å²) in [5.74, 6) is 1.76. The number of para-hydroxylation sites is 1. The Hall–Kier alpha value is -1.65. The van der Waals surface area contributed by atoms with E-state index < -0.39 is 0 Å². The van der Waals surface area contributed by atoms with Gasteiger partial charge in [-0.1, -0.05) is 29.8 Å². The van der Waals surface area contributed by atoms with Crippen molar-refractivity contribution in [2.24, 2.45) is 0 Å². The topological polar surface area (TPSA) is 38.3 Å². The molecule has 0 aliphatic heterocycles. The number of ether oxygens (including phenoxy) is 1. The Morgan fingerprint density at radius 1 is 1.21 bits per heavy atom. The largest absolute Gasteiger partial charge is 0.496 e. The maximum absolute atomic E-state index is 12.1.